The summed E-state index contributed by atoms with van der Waals surface area (Å²) < 4.78 is 4.89. The Morgan fingerprint density at radius 1 is 1.60 bits per heavy atom. The first-order valence-electron chi connectivity index (χ1n) is 4.06. The second-order valence-electron chi connectivity index (χ2n) is 2.58. The van der Waals surface area contributed by atoms with Crippen LogP contribution < -0.4 is 4.74 Å². The lowest BCUT2D eigenvalue weighted by Gasteiger charge is -2.00. The summed E-state index contributed by atoms with van der Waals surface area (Å²) in [6.07, 6.45) is 0. The van der Waals surface area contributed by atoms with Crippen LogP contribution in [0.4, 0.5) is 5.69 Å². The third-order valence-corrected chi connectivity index (χ3v) is 1.83. The van der Waals surface area contributed by atoms with Crippen LogP contribution >= 0.6 is 11.6 Å². The number of alkyl halides is 1. The van der Waals surface area contributed by atoms with Crippen LogP contribution in [0.1, 0.15) is 5.56 Å². The standard InChI is InChI=1S/C10H8ClNO3/c1-15-9-5-4-8(3-2-6-11)10(7-9)12(13)14/h4-5,7H,6H2,1H3. The van der Waals surface area contributed by atoms with Crippen molar-refractivity contribution in [3.8, 4) is 17.6 Å². The van der Waals surface area contributed by atoms with Crippen molar-refractivity contribution >= 4 is 17.3 Å². The van der Waals surface area contributed by atoms with E-state index in [9.17, 15) is 10.1 Å². The Morgan fingerprint density at radius 2 is 2.33 bits per heavy atom. The maximum absolute atomic E-state index is 10.7. The lowest BCUT2D eigenvalue weighted by molar-refractivity contribution is -0.385. The Hall–Kier alpha value is -1.73. The highest BCUT2D eigenvalue weighted by atomic mass is 35.5. The molecule has 0 amide bonds. The summed E-state index contributed by atoms with van der Waals surface area (Å²) in [7, 11) is 1.45. The van der Waals surface area contributed by atoms with E-state index in [0.717, 1.165) is 0 Å². The molecule has 0 saturated carbocycles. The first-order chi connectivity index (χ1) is 7.19. The first-order valence-corrected chi connectivity index (χ1v) is 4.59. The zero-order chi connectivity index (χ0) is 11.3. The monoisotopic (exact) mass is 225 g/mol. The van der Waals surface area contributed by atoms with Crippen LogP contribution in [-0.2, 0) is 0 Å². The number of hydrogen-bond acceptors (Lipinski definition) is 3. The van der Waals surface area contributed by atoms with Crippen LogP contribution in [0.15, 0.2) is 18.2 Å². The molecule has 0 heterocycles. The maximum atomic E-state index is 10.7. The van der Waals surface area contributed by atoms with E-state index in [4.69, 9.17) is 16.3 Å². The van der Waals surface area contributed by atoms with Crippen molar-refractivity contribution < 1.29 is 9.66 Å². The largest absolute Gasteiger partial charge is 0.497 e. The molecular weight excluding hydrogens is 218 g/mol. The topological polar surface area (TPSA) is 52.4 Å². The molecule has 0 bridgehead atoms. The average Bonchev–Trinajstić information content (AvgIpc) is 2.26. The van der Waals surface area contributed by atoms with Gasteiger partial charge in [0.1, 0.15) is 11.3 Å². The molecule has 78 valence electrons. The second kappa shape index (κ2) is 5.23. The van der Waals surface area contributed by atoms with Gasteiger partial charge in [0.15, 0.2) is 0 Å². The fraction of sp³-hybridized carbons (Fsp3) is 0.200. The molecule has 0 radical (unpaired) electrons. The molecule has 1 aromatic carbocycles. The van der Waals surface area contributed by atoms with Crippen LogP contribution in [-0.4, -0.2) is 17.9 Å². The van der Waals surface area contributed by atoms with Crippen LogP contribution in [0.3, 0.4) is 0 Å². The lowest BCUT2D eigenvalue weighted by atomic mass is 10.2. The van der Waals surface area contributed by atoms with Gasteiger partial charge >= 0.3 is 0 Å². The van der Waals surface area contributed by atoms with E-state index in [1.54, 1.807) is 6.07 Å². The van der Waals surface area contributed by atoms with Crippen molar-refractivity contribution in [3.05, 3.63) is 33.9 Å². The molecule has 0 spiro atoms. The molecule has 0 aromatic heterocycles. The Labute approximate surface area is 92.0 Å². The number of benzene rings is 1. The van der Waals surface area contributed by atoms with Gasteiger partial charge < -0.3 is 4.74 Å². The van der Waals surface area contributed by atoms with Gasteiger partial charge in [0.05, 0.1) is 24.0 Å². The van der Waals surface area contributed by atoms with Gasteiger partial charge in [-0.3, -0.25) is 10.1 Å². The smallest absolute Gasteiger partial charge is 0.288 e. The SMILES string of the molecule is COc1ccc(C#CCCl)c([N+](=O)[O-])c1. The minimum absolute atomic E-state index is 0.0769. The molecule has 0 fully saturated rings. The fourth-order valence-electron chi connectivity index (χ4n) is 1.02. The van der Waals surface area contributed by atoms with Gasteiger partial charge in [0.25, 0.3) is 5.69 Å². The molecule has 15 heavy (non-hydrogen) atoms. The summed E-state index contributed by atoms with van der Waals surface area (Å²) in [5, 5.41) is 10.7. The van der Waals surface area contributed by atoms with E-state index in [0.29, 0.717) is 11.3 Å². The van der Waals surface area contributed by atoms with Crippen LogP contribution in [0.2, 0.25) is 0 Å². The highest BCUT2D eigenvalue weighted by Gasteiger charge is 2.12. The highest BCUT2D eigenvalue weighted by molar-refractivity contribution is 6.19. The van der Waals surface area contributed by atoms with Crippen LogP contribution in [0.25, 0.3) is 0 Å². The molecule has 0 aliphatic carbocycles. The molecule has 1 aromatic rings. The van der Waals surface area contributed by atoms with E-state index in [-0.39, 0.29) is 11.6 Å². The van der Waals surface area contributed by atoms with Crippen molar-refractivity contribution in [1.82, 2.24) is 0 Å². The number of methoxy groups -OCH3 is 1. The van der Waals surface area contributed by atoms with E-state index < -0.39 is 4.92 Å². The lowest BCUT2D eigenvalue weighted by Crippen LogP contribution is -1.93. The average molecular weight is 226 g/mol. The van der Waals surface area contributed by atoms with E-state index in [1.807, 2.05) is 0 Å². The molecule has 0 unspecified atom stereocenters. The summed E-state index contributed by atoms with van der Waals surface area (Å²) in [6.45, 7) is 0. The quantitative estimate of drug-likeness (QED) is 0.336. The molecule has 0 N–H and O–H groups in total. The molecule has 0 aliphatic rings. The number of hydrogen-bond donors (Lipinski definition) is 0. The zero-order valence-corrected chi connectivity index (χ0v) is 8.75. The number of nitro benzene ring substituents is 1. The van der Waals surface area contributed by atoms with Gasteiger partial charge in [0.2, 0.25) is 0 Å². The van der Waals surface area contributed by atoms with Gasteiger partial charge in [-0.2, -0.15) is 0 Å². The number of rotatable bonds is 2. The summed E-state index contributed by atoms with van der Waals surface area (Å²) in [5.74, 6) is 5.75. The third kappa shape index (κ3) is 2.86. The molecule has 4 nitrogen and oxygen atoms in total. The number of ether oxygens (including phenoxy) is 1. The predicted molar refractivity (Wildman–Crippen MR) is 57.2 cm³/mol. The Bertz CT molecular complexity index is 434. The number of halogens is 1. The molecule has 1 rings (SSSR count). The summed E-state index contributed by atoms with van der Waals surface area (Å²) in [6, 6.07) is 4.49. The highest BCUT2D eigenvalue weighted by Crippen LogP contribution is 2.23. The molecule has 0 saturated heterocycles. The van der Waals surface area contributed by atoms with Gasteiger partial charge in [-0.05, 0) is 12.1 Å². The van der Waals surface area contributed by atoms with Gasteiger partial charge in [0, 0.05) is 0 Å². The van der Waals surface area contributed by atoms with Gasteiger partial charge in [-0.1, -0.05) is 11.8 Å². The van der Waals surface area contributed by atoms with Crippen molar-refractivity contribution in [1.29, 1.82) is 0 Å². The predicted octanol–water partition coefficient (Wildman–Crippen LogP) is 2.19. The minimum atomic E-state index is -0.499. The van der Waals surface area contributed by atoms with Gasteiger partial charge in [-0.25, -0.2) is 0 Å². The zero-order valence-electron chi connectivity index (χ0n) is 7.99. The first kappa shape index (κ1) is 11.3. The Balaban J connectivity index is 3.21. The number of nitrogens with zero attached hydrogens (tertiary/aromatic N) is 1. The Kier molecular flexibility index (Phi) is 3.95. The van der Waals surface area contributed by atoms with Crippen molar-refractivity contribution in [2.24, 2.45) is 0 Å². The van der Waals surface area contributed by atoms with Crippen LogP contribution in [0.5, 0.6) is 5.75 Å². The third-order valence-electron chi connectivity index (χ3n) is 1.69. The normalized spacial score (nSPS) is 8.93. The Morgan fingerprint density at radius 3 is 2.87 bits per heavy atom. The van der Waals surface area contributed by atoms with Crippen molar-refractivity contribution in [2.45, 2.75) is 0 Å². The van der Waals surface area contributed by atoms with Crippen molar-refractivity contribution in [3.63, 3.8) is 0 Å². The van der Waals surface area contributed by atoms with Crippen molar-refractivity contribution in [2.75, 3.05) is 13.0 Å². The van der Waals surface area contributed by atoms with Gasteiger partial charge in [-0.15, -0.1) is 11.6 Å². The summed E-state index contributed by atoms with van der Waals surface area (Å²) >= 11 is 5.37. The van der Waals surface area contributed by atoms with E-state index in [1.165, 1.54) is 19.2 Å². The molecule has 0 atom stereocenters. The molecule has 5 heteroatoms. The summed E-state index contributed by atoms with van der Waals surface area (Å²) in [4.78, 5) is 10.2. The second-order valence-corrected chi connectivity index (χ2v) is 2.84. The molecule has 0 aliphatic heterocycles. The van der Waals surface area contributed by atoms with E-state index >= 15 is 0 Å². The summed E-state index contributed by atoms with van der Waals surface area (Å²) in [5.41, 5.74) is 0.258. The van der Waals surface area contributed by atoms with E-state index in [2.05, 4.69) is 11.8 Å². The minimum Gasteiger partial charge on any atom is -0.497 e. The number of nitro groups is 1. The maximum Gasteiger partial charge on any atom is 0.288 e. The van der Waals surface area contributed by atoms with Crippen LogP contribution in [0, 0.1) is 22.0 Å². The molecular formula is C10H8ClNO3. The fourth-order valence-corrected chi connectivity index (χ4v) is 1.09.